The van der Waals surface area contributed by atoms with Gasteiger partial charge in [-0.3, -0.25) is 0 Å². The highest BCUT2D eigenvalue weighted by molar-refractivity contribution is 5.68. The minimum atomic E-state index is -1.38. The average Bonchev–Trinajstić information content (AvgIpc) is 2.92. The molecule has 0 spiro atoms. The molecule has 1 unspecified atom stereocenters. The van der Waals surface area contributed by atoms with Crippen LogP contribution in [0.4, 0.5) is 4.79 Å². The van der Waals surface area contributed by atoms with E-state index < -0.39 is 54.5 Å². The topological polar surface area (TPSA) is 116 Å². The molecule has 7 atom stereocenters. The number of alkyl carbamates (subject to hydrolysis) is 1. The predicted octanol–water partition coefficient (Wildman–Crippen LogP) is 3.70. The van der Waals surface area contributed by atoms with Gasteiger partial charge in [-0.25, -0.2) is 4.79 Å². The number of nitrogens with one attached hydrogen (secondary N) is 1. The summed E-state index contributed by atoms with van der Waals surface area (Å²) in [6.45, 7) is 6.22. The number of carbonyl (C=O) groups excluding carboxylic acids is 1. The molecule has 9 heteroatoms. The molecule has 1 heterocycles. The standard InChI is InChI=1S/C30H41NO8/c1-30(2,3)39-29(34)31-23-26(38-22-16-10-11-17-35-22)24(32)25(33)28(37-19-21-14-8-5-9-15-21)27(23)36-18-20-12-6-4-7-13-20/h4-9,12-15,22-28,32-33H,10-11,16-19H2,1-3H3,(H,31,34)/t22?,23-,24+,25-,26+,27-,28-/m0/s1. The highest BCUT2D eigenvalue weighted by Crippen LogP contribution is 2.32. The van der Waals surface area contributed by atoms with Crippen LogP contribution in [0.2, 0.25) is 0 Å². The lowest BCUT2D eigenvalue weighted by atomic mass is 9.82. The maximum absolute atomic E-state index is 13.0. The summed E-state index contributed by atoms with van der Waals surface area (Å²) >= 11 is 0. The van der Waals surface area contributed by atoms with E-state index in [0.29, 0.717) is 13.0 Å². The van der Waals surface area contributed by atoms with E-state index in [1.54, 1.807) is 20.8 Å². The third-order valence-corrected chi connectivity index (χ3v) is 6.76. The van der Waals surface area contributed by atoms with E-state index in [2.05, 4.69) is 5.32 Å². The van der Waals surface area contributed by atoms with Gasteiger partial charge in [0.1, 0.15) is 36.1 Å². The molecule has 2 fully saturated rings. The van der Waals surface area contributed by atoms with Crippen molar-refractivity contribution in [2.24, 2.45) is 0 Å². The first-order valence-corrected chi connectivity index (χ1v) is 13.6. The lowest BCUT2D eigenvalue weighted by Crippen LogP contribution is -2.70. The summed E-state index contributed by atoms with van der Waals surface area (Å²) in [5, 5.41) is 25.5. The summed E-state index contributed by atoms with van der Waals surface area (Å²) in [5.74, 6) is 0. The van der Waals surface area contributed by atoms with Gasteiger partial charge >= 0.3 is 6.09 Å². The quantitative estimate of drug-likeness (QED) is 0.439. The zero-order valence-electron chi connectivity index (χ0n) is 22.9. The SMILES string of the molecule is CC(C)(C)OC(=O)N[C@H]1[C@@H](OC2CCCCO2)[C@H](O)[C@H](O)[C@H](OCc2ccccc2)[C@H]1OCc1ccccc1. The van der Waals surface area contributed by atoms with E-state index >= 15 is 0 Å². The summed E-state index contributed by atoms with van der Waals surface area (Å²) in [7, 11) is 0. The molecule has 4 rings (SSSR count). The van der Waals surface area contributed by atoms with Crippen molar-refractivity contribution in [3.63, 3.8) is 0 Å². The summed E-state index contributed by atoms with van der Waals surface area (Å²) in [4.78, 5) is 13.0. The van der Waals surface area contributed by atoms with Crippen molar-refractivity contribution in [1.29, 1.82) is 0 Å². The van der Waals surface area contributed by atoms with Gasteiger partial charge in [0.15, 0.2) is 6.29 Å². The molecule has 1 aliphatic carbocycles. The smallest absolute Gasteiger partial charge is 0.408 e. The van der Waals surface area contributed by atoms with E-state index in [-0.39, 0.29) is 13.2 Å². The number of aliphatic hydroxyl groups is 2. The molecule has 9 nitrogen and oxygen atoms in total. The van der Waals surface area contributed by atoms with Crippen molar-refractivity contribution in [3.8, 4) is 0 Å². The van der Waals surface area contributed by atoms with Crippen LogP contribution in [-0.4, -0.2) is 71.4 Å². The van der Waals surface area contributed by atoms with Crippen molar-refractivity contribution < 1.29 is 38.7 Å². The fourth-order valence-corrected chi connectivity index (χ4v) is 4.88. The van der Waals surface area contributed by atoms with E-state index in [9.17, 15) is 15.0 Å². The largest absolute Gasteiger partial charge is 0.444 e. The Balaban J connectivity index is 1.63. The van der Waals surface area contributed by atoms with E-state index in [4.69, 9.17) is 23.7 Å². The van der Waals surface area contributed by atoms with E-state index in [1.807, 2.05) is 60.7 Å². The second-order valence-electron chi connectivity index (χ2n) is 11.1. The third-order valence-electron chi connectivity index (χ3n) is 6.76. The first-order valence-electron chi connectivity index (χ1n) is 13.6. The number of benzene rings is 2. The molecule has 1 saturated carbocycles. The van der Waals surface area contributed by atoms with Gasteiger partial charge in [-0.2, -0.15) is 0 Å². The Bertz CT molecular complexity index is 1010. The summed E-state index contributed by atoms with van der Waals surface area (Å²) in [6, 6.07) is 18.2. The first-order chi connectivity index (χ1) is 18.7. The molecule has 2 aliphatic rings. The number of amides is 1. The van der Waals surface area contributed by atoms with Crippen LogP contribution in [0, 0.1) is 0 Å². The van der Waals surface area contributed by atoms with Crippen LogP contribution in [-0.2, 0) is 36.9 Å². The van der Waals surface area contributed by atoms with Crippen LogP contribution in [0.15, 0.2) is 60.7 Å². The zero-order chi connectivity index (χ0) is 27.8. The molecule has 1 aliphatic heterocycles. The Kier molecular flexibility index (Phi) is 10.3. The van der Waals surface area contributed by atoms with Gasteiger partial charge in [0.2, 0.25) is 0 Å². The predicted molar refractivity (Wildman–Crippen MR) is 144 cm³/mol. The minimum absolute atomic E-state index is 0.177. The summed E-state index contributed by atoms with van der Waals surface area (Å²) < 4.78 is 30.1. The molecule has 2 aromatic carbocycles. The van der Waals surface area contributed by atoms with Gasteiger partial charge in [-0.1, -0.05) is 60.7 Å². The number of rotatable bonds is 9. The number of aliphatic hydroxyl groups excluding tert-OH is 2. The lowest BCUT2D eigenvalue weighted by Gasteiger charge is -2.48. The van der Waals surface area contributed by atoms with Crippen LogP contribution in [0.1, 0.15) is 51.2 Å². The fourth-order valence-electron chi connectivity index (χ4n) is 4.88. The van der Waals surface area contributed by atoms with Crippen molar-refractivity contribution in [2.45, 2.75) is 102 Å². The maximum Gasteiger partial charge on any atom is 0.408 e. The minimum Gasteiger partial charge on any atom is -0.444 e. The molecule has 214 valence electrons. The number of carbonyl (C=O) groups is 1. The van der Waals surface area contributed by atoms with Gasteiger partial charge in [0.25, 0.3) is 0 Å². The maximum atomic E-state index is 13.0. The first kappa shape index (κ1) is 29.5. The molecule has 1 amide bonds. The molecule has 1 saturated heterocycles. The highest BCUT2D eigenvalue weighted by atomic mass is 16.7. The monoisotopic (exact) mass is 543 g/mol. The number of hydrogen-bond donors (Lipinski definition) is 3. The third kappa shape index (κ3) is 8.48. The Morgan fingerprint density at radius 1 is 0.872 bits per heavy atom. The molecule has 0 radical (unpaired) electrons. The summed E-state index contributed by atoms with van der Waals surface area (Å²) in [5.41, 5.74) is 1.05. The van der Waals surface area contributed by atoms with Crippen LogP contribution in [0.5, 0.6) is 0 Å². The fraction of sp³-hybridized carbons (Fsp3) is 0.567. The second kappa shape index (κ2) is 13.7. The molecule has 0 aromatic heterocycles. The van der Waals surface area contributed by atoms with Crippen LogP contribution < -0.4 is 5.32 Å². The van der Waals surface area contributed by atoms with Crippen LogP contribution >= 0.6 is 0 Å². The molecule has 39 heavy (non-hydrogen) atoms. The normalized spacial score (nSPS) is 29.5. The van der Waals surface area contributed by atoms with Gasteiger partial charge in [-0.05, 0) is 51.2 Å². The van der Waals surface area contributed by atoms with E-state index in [1.165, 1.54) is 0 Å². The Labute approximate surface area is 230 Å². The van der Waals surface area contributed by atoms with Gasteiger partial charge in [-0.15, -0.1) is 0 Å². The van der Waals surface area contributed by atoms with Crippen molar-refractivity contribution >= 4 is 6.09 Å². The molecular formula is C30H41NO8. The van der Waals surface area contributed by atoms with E-state index in [0.717, 1.165) is 24.0 Å². The Morgan fingerprint density at radius 3 is 1.97 bits per heavy atom. The van der Waals surface area contributed by atoms with Crippen LogP contribution in [0.3, 0.4) is 0 Å². The van der Waals surface area contributed by atoms with Crippen molar-refractivity contribution in [2.75, 3.05) is 6.61 Å². The second-order valence-corrected chi connectivity index (χ2v) is 11.1. The van der Waals surface area contributed by atoms with Gasteiger partial charge in [0, 0.05) is 6.61 Å². The zero-order valence-corrected chi connectivity index (χ0v) is 22.9. The molecule has 0 bridgehead atoms. The van der Waals surface area contributed by atoms with Crippen molar-refractivity contribution in [1.82, 2.24) is 5.32 Å². The molecule has 2 aromatic rings. The molecule has 3 N–H and O–H groups in total. The number of ether oxygens (including phenoxy) is 5. The highest BCUT2D eigenvalue weighted by Gasteiger charge is 2.53. The van der Waals surface area contributed by atoms with Crippen molar-refractivity contribution in [3.05, 3.63) is 71.8 Å². The van der Waals surface area contributed by atoms with Gasteiger partial charge < -0.3 is 39.2 Å². The van der Waals surface area contributed by atoms with Gasteiger partial charge in [0.05, 0.1) is 19.3 Å². The molecular weight excluding hydrogens is 502 g/mol. The average molecular weight is 544 g/mol. The Hall–Kier alpha value is -2.53. The Morgan fingerprint density at radius 2 is 1.44 bits per heavy atom. The van der Waals surface area contributed by atoms with Crippen LogP contribution in [0.25, 0.3) is 0 Å². The lowest BCUT2D eigenvalue weighted by molar-refractivity contribution is -0.271. The summed E-state index contributed by atoms with van der Waals surface area (Å²) in [6.07, 6.45) is -4.41. The number of hydrogen-bond acceptors (Lipinski definition) is 8.